The summed E-state index contributed by atoms with van der Waals surface area (Å²) in [6.45, 7) is 8.12. The van der Waals surface area contributed by atoms with Crippen LogP contribution >= 0.6 is 0 Å². The fourth-order valence-corrected chi connectivity index (χ4v) is 2.17. The molecule has 0 heterocycles. The zero-order valence-corrected chi connectivity index (χ0v) is 12.3. The first-order valence-electron chi connectivity index (χ1n) is 6.75. The van der Waals surface area contributed by atoms with Crippen molar-refractivity contribution in [2.75, 3.05) is 31.7 Å². The molecule has 0 bridgehead atoms. The van der Waals surface area contributed by atoms with Gasteiger partial charge in [0.05, 0.1) is 12.3 Å². The molecular formula is C15H25FN2O. The van der Waals surface area contributed by atoms with Gasteiger partial charge in [-0.05, 0) is 24.5 Å². The molecule has 108 valence electrons. The third kappa shape index (κ3) is 4.48. The van der Waals surface area contributed by atoms with E-state index in [1.807, 2.05) is 17.9 Å². The van der Waals surface area contributed by atoms with Gasteiger partial charge in [0.1, 0.15) is 5.82 Å². The van der Waals surface area contributed by atoms with Crippen molar-refractivity contribution in [1.82, 2.24) is 0 Å². The number of hydrogen-bond acceptors (Lipinski definition) is 3. The van der Waals surface area contributed by atoms with Crippen molar-refractivity contribution in [3.63, 3.8) is 0 Å². The number of ether oxygens (including phenoxy) is 1. The standard InChI is InChI=1S/C15H25FN2O/c1-11(2)10-18(8-9-19-4)15-13(12(3)17)6-5-7-14(15)16/h5-7,11-12H,8-10,17H2,1-4H3/t12-/m1/s1. The van der Waals surface area contributed by atoms with Crippen molar-refractivity contribution in [3.8, 4) is 0 Å². The van der Waals surface area contributed by atoms with Crippen molar-refractivity contribution >= 4 is 5.69 Å². The van der Waals surface area contributed by atoms with Gasteiger partial charge < -0.3 is 15.4 Å². The highest BCUT2D eigenvalue weighted by molar-refractivity contribution is 5.56. The predicted molar refractivity (Wildman–Crippen MR) is 77.9 cm³/mol. The molecule has 0 saturated carbocycles. The second kappa shape index (κ2) is 7.46. The summed E-state index contributed by atoms with van der Waals surface area (Å²) in [5.74, 6) is 0.226. The van der Waals surface area contributed by atoms with E-state index < -0.39 is 0 Å². The van der Waals surface area contributed by atoms with Crippen LogP contribution < -0.4 is 10.6 Å². The first-order valence-corrected chi connectivity index (χ1v) is 6.75. The highest BCUT2D eigenvalue weighted by atomic mass is 19.1. The summed E-state index contributed by atoms with van der Waals surface area (Å²) in [5.41, 5.74) is 7.41. The fourth-order valence-electron chi connectivity index (χ4n) is 2.17. The second-order valence-corrected chi connectivity index (χ2v) is 5.30. The third-order valence-corrected chi connectivity index (χ3v) is 2.98. The lowest BCUT2D eigenvalue weighted by Crippen LogP contribution is -2.33. The highest BCUT2D eigenvalue weighted by Crippen LogP contribution is 2.29. The number of anilines is 1. The predicted octanol–water partition coefficient (Wildman–Crippen LogP) is 2.95. The Balaban J connectivity index is 3.12. The number of halogens is 1. The monoisotopic (exact) mass is 268 g/mol. The van der Waals surface area contributed by atoms with E-state index >= 15 is 0 Å². The number of benzene rings is 1. The van der Waals surface area contributed by atoms with Crippen LogP contribution in [0.25, 0.3) is 0 Å². The zero-order chi connectivity index (χ0) is 14.4. The summed E-state index contributed by atoms with van der Waals surface area (Å²) in [4.78, 5) is 2.03. The van der Waals surface area contributed by atoms with Crippen LogP contribution in [0.4, 0.5) is 10.1 Å². The van der Waals surface area contributed by atoms with E-state index in [-0.39, 0.29) is 11.9 Å². The van der Waals surface area contributed by atoms with Crippen molar-refractivity contribution in [2.45, 2.75) is 26.8 Å². The van der Waals surface area contributed by atoms with E-state index in [4.69, 9.17) is 10.5 Å². The number of nitrogens with zero attached hydrogens (tertiary/aromatic N) is 1. The first kappa shape index (κ1) is 15.9. The first-order chi connectivity index (χ1) is 8.97. The Bertz CT molecular complexity index is 394. The van der Waals surface area contributed by atoms with Gasteiger partial charge >= 0.3 is 0 Å². The summed E-state index contributed by atoms with van der Waals surface area (Å²) in [5, 5.41) is 0. The molecule has 0 spiro atoms. The van der Waals surface area contributed by atoms with Gasteiger partial charge in [-0.1, -0.05) is 26.0 Å². The molecule has 1 aromatic rings. The Kier molecular flexibility index (Phi) is 6.25. The SMILES string of the molecule is COCCN(CC(C)C)c1c(F)cccc1[C@@H](C)N. The molecular weight excluding hydrogens is 243 g/mol. The molecule has 0 aliphatic heterocycles. The van der Waals surface area contributed by atoms with Crippen LogP contribution in [0.2, 0.25) is 0 Å². The smallest absolute Gasteiger partial charge is 0.146 e. The van der Waals surface area contributed by atoms with E-state index in [2.05, 4.69) is 13.8 Å². The lowest BCUT2D eigenvalue weighted by molar-refractivity contribution is 0.204. The Morgan fingerprint density at radius 3 is 2.53 bits per heavy atom. The number of rotatable bonds is 7. The topological polar surface area (TPSA) is 38.5 Å². The quantitative estimate of drug-likeness (QED) is 0.826. The summed E-state index contributed by atoms with van der Waals surface area (Å²) in [7, 11) is 1.65. The molecule has 1 rings (SSSR count). The third-order valence-electron chi connectivity index (χ3n) is 2.98. The molecule has 19 heavy (non-hydrogen) atoms. The van der Waals surface area contributed by atoms with Crippen molar-refractivity contribution in [3.05, 3.63) is 29.6 Å². The van der Waals surface area contributed by atoms with E-state index in [9.17, 15) is 4.39 Å². The summed E-state index contributed by atoms with van der Waals surface area (Å²) >= 11 is 0. The Hall–Kier alpha value is -1.13. The molecule has 3 nitrogen and oxygen atoms in total. The Labute approximate surface area is 115 Å². The number of hydrogen-bond donors (Lipinski definition) is 1. The van der Waals surface area contributed by atoms with Crippen LogP contribution in [0.1, 0.15) is 32.4 Å². The summed E-state index contributed by atoms with van der Waals surface area (Å²) in [6.07, 6.45) is 0. The number of nitrogens with two attached hydrogens (primary N) is 1. The van der Waals surface area contributed by atoms with E-state index in [1.54, 1.807) is 13.2 Å². The highest BCUT2D eigenvalue weighted by Gasteiger charge is 2.18. The maximum atomic E-state index is 14.2. The maximum Gasteiger partial charge on any atom is 0.146 e. The van der Waals surface area contributed by atoms with Crippen LogP contribution in [0.3, 0.4) is 0 Å². The van der Waals surface area contributed by atoms with Crippen LogP contribution in [-0.4, -0.2) is 26.8 Å². The van der Waals surface area contributed by atoms with Gasteiger partial charge in [-0.3, -0.25) is 0 Å². The number of para-hydroxylation sites is 1. The summed E-state index contributed by atoms with van der Waals surface area (Å²) < 4.78 is 19.3. The van der Waals surface area contributed by atoms with Crippen LogP contribution in [0.5, 0.6) is 0 Å². The molecule has 0 radical (unpaired) electrons. The van der Waals surface area contributed by atoms with E-state index in [0.717, 1.165) is 12.1 Å². The lowest BCUT2D eigenvalue weighted by Gasteiger charge is -2.30. The van der Waals surface area contributed by atoms with Crippen molar-refractivity contribution in [2.24, 2.45) is 11.7 Å². The molecule has 4 heteroatoms. The van der Waals surface area contributed by atoms with E-state index in [0.29, 0.717) is 24.8 Å². The largest absolute Gasteiger partial charge is 0.383 e. The molecule has 2 N–H and O–H groups in total. The fraction of sp³-hybridized carbons (Fsp3) is 0.600. The minimum absolute atomic E-state index is 0.192. The molecule has 0 unspecified atom stereocenters. The molecule has 0 aliphatic carbocycles. The average Bonchev–Trinajstić information content (AvgIpc) is 2.33. The van der Waals surface area contributed by atoms with Crippen molar-refractivity contribution < 1.29 is 9.13 Å². The normalized spacial score (nSPS) is 12.8. The van der Waals surface area contributed by atoms with Crippen LogP contribution in [0.15, 0.2) is 18.2 Å². The van der Waals surface area contributed by atoms with Gasteiger partial charge in [0.2, 0.25) is 0 Å². The van der Waals surface area contributed by atoms with Gasteiger partial charge in [-0.25, -0.2) is 4.39 Å². The second-order valence-electron chi connectivity index (χ2n) is 5.30. The van der Waals surface area contributed by atoms with Gasteiger partial charge in [0, 0.05) is 26.2 Å². The minimum atomic E-state index is -0.216. The minimum Gasteiger partial charge on any atom is -0.383 e. The van der Waals surface area contributed by atoms with Gasteiger partial charge in [0.15, 0.2) is 0 Å². The average molecular weight is 268 g/mol. The molecule has 0 aliphatic rings. The zero-order valence-electron chi connectivity index (χ0n) is 12.3. The van der Waals surface area contributed by atoms with Gasteiger partial charge in [-0.15, -0.1) is 0 Å². The van der Waals surface area contributed by atoms with Gasteiger partial charge in [0.25, 0.3) is 0 Å². The molecule has 1 atom stereocenters. The molecule has 0 amide bonds. The molecule has 0 aromatic heterocycles. The van der Waals surface area contributed by atoms with Crippen LogP contribution in [0, 0.1) is 11.7 Å². The Morgan fingerprint density at radius 1 is 1.32 bits per heavy atom. The molecule has 1 aromatic carbocycles. The molecule has 0 fully saturated rings. The van der Waals surface area contributed by atoms with Gasteiger partial charge in [-0.2, -0.15) is 0 Å². The maximum absolute atomic E-state index is 14.2. The molecule has 0 saturated heterocycles. The lowest BCUT2D eigenvalue weighted by atomic mass is 10.0. The van der Waals surface area contributed by atoms with Crippen LogP contribution in [-0.2, 0) is 4.74 Å². The summed E-state index contributed by atoms with van der Waals surface area (Å²) in [6, 6.07) is 4.90. The van der Waals surface area contributed by atoms with E-state index in [1.165, 1.54) is 6.07 Å². The Morgan fingerprint density at radius 2 is 2.00 bits per heavy atom. The van der Waals surface area contributed by atoms with Crippen molar-refractivity contribution in [1.29, 1.82) is 0 Å². The number of methoxy groups -OCH3 is 1.